The van der Waals surface area contributed by atoms with Crippen molar-refractivity contribution in [2.75, 3.05) is 10.6 Å². The number of nitrogens with one attached hydrogen (secondary N) is 2. The molecule has 1 unspecified atom stereocenters. The monoisotopic (exact) mass is 535 g/mol. The van der Waals surface area contributed by atoms with Gasteiger partial charge in [-0.1, -0.05) is 49.3 Å². The zero-order valence-electron chi connectivity index (χ0n) is 19.9. The first-order chi connectivity index (χ1) is 16.4. The molecule has 8 nitrogen and oxygen atoms in total. The number of hydrogen-bond donors (Lipinski definition) is 2. The van der Waals surface area contributed by atoms with Crippen LogP contribution in [0.15, 0.2) is 45.7 Å². The van der Waals surface area contributed by atoms with Crippen LogP contribution in [0.25, 0.3) is 0 Å². The van der Waals surface area contributed by atoms with Gasteiger partial charge in [-0.2, -0.15) is 0 Å². The molecule has 1 aromatic carbocycles. The van der Waals surface area contributed by atoms with E-state index in [1.165, 1.54) is 17.5 Å². The lowest BCUT2D eigenvalue weighted by molar-refractivity contribution is 0.0939. The van der Waals surface area contributed by atoms with E-state index in [0.717, 1.165) is 22.5 Å². The summed E-state index contributed by atoms with van der Waals surface area (Å²) in [5.41, 5.74) is 2.72. The molecule has 0 saturated heterocycles. The van der Waals surface area contributed by atoms with Crippen LogP contribution in [0.4, 0.5) is 11.6 Å². The lowest BCUT2D eigenvalue weighted by atomic mass is 9.94. The van der Waals surface area contributed by atoms with Crippen molar-refractivity contribution in [3.05, 3.63) is 68.5 Å². The molecule has 35 heavy (non-hydrogen) atoms. The summed E-state index contributed by atoms with van der Waals surface area (Å²) in [4.78, 5) is 25.9. The fraction of sp³-hybridized carbons (Fsp3) is 0.292. The number of halogens is 1. The number of Topliss-reactive ketones (excluding diaryl/α,β-unsaturated/α-hetero) is 1. The Morgan fingerprint density at radius 2 is 1.91 bits per heavy atom. The summed E-state index contributed by atoms with van der Waals surface area (Å²) in [7, 11) is -4.13. The van der Waals surface area contributed by atoms with Crippen molar-refractivity contribution in [3.8, 4) is 0 Å². The largest absolute Gasteiger partial charge is 0.337 e. The van der Waals surface area contributed by atoms with Crippen LogP contribution in [0.3, 0.4) is 0 Å². The Morgan fingerprint density at radius 1 is 1.23 bits per heavy atom. The topological polar surface area (TPSA) is 118 Å². The molecule has 2 N–H and O–H groups in total. The van der Waals surface area contributed by atoms with Crippen LogP contribution < -0.4 is 10.6 Å². The number of nitrogens with zero attached hydrogens (tertiary/aromatic N) is 1. The van der Waals surface area contributed by atoms with Gasteiger partial charge >= 0.3 is 0 Å². The van der Waals surface area contributed by atoms with Gasteiger partial charge in [0.15, 0.2) is 11.2 Å². The molecule has 11 heteroatoms. The van der Waals surface area contributed by atoms with Crippen LogP contribution in [0.5, 0.6) is 0 Å². The molecule has 0 aliphatic heterocycles. The highest BCUT2D eigenvalue weighted by molar-refractivity contribution is 7.92. The van der Waals surface area contributed by atoms with E-state index in [1.807, 2.05) is 13.0 Å². The number of rotatable bonds is 9. The van der Waals surface area contributed by atoms with Crippen molar-refractivity contribution in [1.29, 1.82) is 0 Å². The molecule has 0 fully saturated rings. The molecule has 1 amide bonds. The fourth-order valence-electron chi connectivity index (χ4n) is 3.53. The molecule has 0 saturated carbocycles. The summed E-state index contributed by atoms with van der Waals surface area (Å²) in [6.07, 6.45) is 1.17. The van der Waals surface area contributed by atoms with Crippen molar-refractivity contribution in [2.45, 2.75) is 44.9 Å². The van der Waals surface area contributed by atoms with E-state index in [0.29, 0.717) is 16.9 Å². The maximum absolute atomic E-state index is 13.4. The molecule has 2 aromatic heterocycles. The van der Waals surface area contributed by atoms with Crippen LogP contribution in [0.1, 0.15) is 50.7 Å². The predicted octanol–water partition coefficient (Wildman–Crippen LogP) is 5.80. The quantitative estimate of drug-likeness (QED) is 0.262. The second kappa shape index (κ2) is 10.3. The molecule has 186 valence electrons. The average molecular weight is 536 g/mol. The van der Waals surface area contributed by atoms with Gasteiger partial charge in [0, 0.05) is 11.5 Å². The molecule has 0 aliphatic rings. The van der Waals surface area contributed by atoms with Crippen molar-refractivity contribution >= 4 is 56.0 Å². The van der Waals surface area contributed by atoms with Crippen LogP contribution in [0.2, 0.25) is 5.02 Å². The summed E-state index contributed by atoms with van der Waals surface area (Å²) in [6.45, 7) is 12.4. The van der Waals surface area contributed by atoms with Crippen LogP contribution in [-0.2, 0) is 9.84 Å². The van der Waals surface area contributed by atoms with E-state index in [1.54, 1.807) is 33.8 Å². The van der Waals surface area contributed by atoms with Crippen molar-refractivity contribution < 1.29 is 22.5 Å². The molecule has 1 atom stereocenters. The molecular formula is C24H26ClN3O5S2. The molecular weight excluding hydrogens is 510 g/mol. The lowest BCUT2D eigenvalue weighted by Gasteiger charge is -2.17. The highest BCUT2D eigenvalue weighted by atomic mass is 35.5. The van der Waals surface area contributed by atoms with Crippen LogP contribution in [-0.4, -0.2) is 30.6 Å². The minimum Gasteiger partial charge on any atom is -0.337 e. The first-order valence-corrected chi connectivity index (χ1v) is 13.5. The van der Waals surface area contributed by atoms with E-state index in [9.17, 15) is 18.0 Å². The molecule has 2 heterocycles. The van der Waals surface area contributed by atoms with E-state index in [-0.39, 0.29) is 32.4 Å². The molecule has 0 aliphatic carbocycles. The van der Waals surface area contributed by atoms with Gasteiger partial charge in [-0.25, -0.2) is 8.42 Å². The fourth-order valence-corrected chi connectivity index (χ4v) is 6.31. The summed E-state index contributed by atoms with van der Waals surface area (Å²) in [5, 5.41) is 9.44. The number of aryl methyl sites for hydroxylation is 3. The summed E-state index contributed by atoms with van der Waals surface area (Å²) in [5.74, 6) is -1.06. The molecule has 0 spiro atoms. The number of hydrogen-bond acceptors (Lipinski definition) is 8. The summed E-state index contributed by atoms with van der Waals surface area (Å²) < 4.78 is 31.9. The van der Waals surface area contributed by atoms with Crippen molar-refractivity contribution in [1.82, 2.24) is 5.16 Å². The highest BCUT2D eigenvalue weighted by Gasteiger charge is 2.32. The van der Waals surface area contributed by atoms with E-state index < -0.39 is 21.1 Å². The Hall–Kier alpha value is -2.95. The zero-order valence-corrected chi connectivity index (χ0v) is 22.3. The van der Waals surface area contributed by atoms with Gasteiger partial charge in [-0.05, 0) is 49.4 Å². The number of thiophene rings is 1. The van der Waals surface area contributed by atoms with Gasteiger partial charge in [-0.3, -0.25) is 9.59 Å². The number of carbonyl (C=O) groups is 2. The number of ketones is 1. The predicted molar refractivity (Wildman–Crippen MR) is 138 cm³/mol. The Bertz CT molecular complexity index is 1410. The first kappa shape index (κ1) is 26.7. The number of carbonyl (C=O) groups excluding carboxylic acids is 2. The van der Waals surface area contributed by atoms with Gasteiger partial charge in [0.2, 0.25) is 15.7 Å². The Kier molecular flexibility index (Phi) is 7.88. The number of aromatic nitrogens is 1. The van der Waals surface area contributed by atoms with Crippen molar-refractivity contribution in [3.63, 3.8) is 0 Å². The van der Waals surface area contributed by atoms with E-state index in [4.69, 9.17) is 16.1 Å². The third-order valence-electron chi connectivity index (χ3n) is 5.25. The van der Waals surface area contributed by atoms with Crippen molar-refractivity contribution in [2.24, 2.45) is 5.92 Å². The number of amides is 1. The third-order valence-corrected chi connectivity index (χ3v) is 8.67. The zero-order chi connectivity index (χ0) is 26.1. The van der Waals surface area contributed by atoms with Gasteiger partial charge in [-0.15, -0.1) is 11.3 Å². The second-order valence-corrected chi connectivity index (χ2v) is 11.7. The standard InChI is InChI=1S/C24H26ClN3O5S2/c1-7-18(27-24-20(25)15(6)28-33-24)35(31,32)17-8-9-34-22(17)23(30)26-16-11-13(4)10-14(5)19(16)21(29)12(2)3/h7-12,18,27H,1H2,2-6H3,(H,26,30). The molecule has 0 bridgehead atoms. The lowest BCUT2D eigenvalue weighted by Crippen LogP contribution is -2.29. The van der Waals surface area contributed by atoms with Gasteiger partial charge in [0.25, 0.3) is 5.91 Å². The van der Waals surface area contributed by atoms with Crippen LogP contribution in [0, 0.1) is 26.7 Å². The van der Waals surface area contributed by atoms with Crippen LogP contribution >= 0.6 is 22.9 Å². The van der Waals surface area contributed by atoms with E-state index in [2.05, 4.69) is 22.4 Å². The minimum absolute atomic E-state index is 0.0223. The highest BCUT2D eigenvalue weighted by Crippen LogP contribution is 2.32. The normalized spacial score (nSPS) is 12.4. The average Bonchev–Trinajstić information content (AvgIpc) is 3.39. The SMILES string of the molecule is C=CC(Nc1onc(C)c1Cl)S(=O)(=O)c1ccsc1C(=O)Nc1cc(C)cc(C)c1C(=O)C(C)C. The Morgan fingerprint density at radius 3 is 2.49 bits per heavy atom. The maximum Gasteiger partial charge on any atom is 0.267 e. The Labute approximate surface area is 213 Å². The molecule has 0 radical (unpaired) electrons. The minimum atomic E-state index is -4.13. The smallest absolute Gasteiger partial charge is 0.267 e. The van der Waals surface area contributed by atoms with Gasteiger partial charge < -0.3 is 15.2 Å². The molecule has 3 rings (SSSR count). The summed E-state index contributed by atoms with van der Waals surface area (Å²) >= 11 is 7.08. The maximum atomic E-state index is 13.4. The van der Waals surface area contributed by atoms with Gasteiger partial charge in [0.05, 0.1) is 10.6 Å². The number of sulfone groups is 1. The summed E-state index contributed by atoms with van der Waals surface area (Å²) in [6, 6.07) is 4.91. The Balaban J connectivity index is 1.97. The number of benzene rings is 1. The number of anilines is 2. The second-order valence-electron chi connectivity index (χ2n) is 8.35. The third kappa shape index (κ3) is 5.34. The van der Waals surface area contributed by atoms with Gasteiger partial charge in [0.1, 0.15) is 15.6 Å². The first-order valence-electron chi connectivity index (χ1n) is 10.7. The molecule has 3 aromatic rings. The van der Waals surface area contributed by atoms with E-state index >= 15 is 0 Å².